The molecule has 0 saturated carbocycles. The molecule has 1 amide bonds. The summed E-state index contributed by atoms with van der Waals surface area (Å²) in [5, 5.41) is 5.76. The highest BCUT2D eigenvalue weighted by molar-refractivity contribution is 5.95. The fourth-order valence-electron chi connectivity index (χ4n) is 2.55. The van der Waals surface area contributed by atoms with Gasteiger partial charge in [-0.25, -0.2) is 4.98 Å². The maximum absolute atomic E-state index is 12.9. The van der Waals surface area contributed by atoms with E-state index in [0.717, 1.165) is 16.4 Å². The van der Waals surface area contributed by atoms with E-state index in [9.17, 15) is 18.0 Å². The van der Waals surface area contributed by atoms with Crippen LogP contribution in [0.4, 0.5) is 13.2 Å². The second-order valence-electron chi connectivity index (χ2n) is 5.94. The molecule has 0 bridgehead atoms. The number of methoxy groups -OCH3 is 1. The van der Waals surface area contributed by atoms with E-state index in [1.165, 1.54) is 13.3 Å². The summed E-state index contributed by atoms with van der Waals surface area (Å²) < 4.78 is 50.3. The number of oxazole rings is 1. The molecule has 148 valence electrons. The quantitative estimate of drug-likeness (QED) is 0.695. The van der Waals surface area contributed by atoms with Crippen molar-refractivity contribution in [2.75, 3.05) is 13.7 Å². The molecule has 2 heterocycles. The molecule has 2 aromatic heterocycles. The van der Waals surface area contributed by atoms with Crippen LogP contribution in [0.15, 0.2) is 41.1 Å². The molecule has 1 N–H and O–H groups in total. The number of rotatable bonds is 6. The largest absolute Gasteiger partial charge is 0.497 e. The van der Waals surface area contributed by atoms with Crippen LogP contribution in [0.3, 0.4) is 0 Å². The van der Waals surface area contributed by atoms with Gasteiger partial charge < -0.3 is 14.5 Å². The molecule has 0 aliphatic heterocycles. The van der Waals surface area contributed by atoms with E-state index in [-0.39, 0.29) is 6.54 Å². The van der Waals surface area contributed by atoms with Gasteiger partial charge in [0.1, 0.15) is 12.0 Å². The Morgan fingerprint density at radius 2 is 2.00 bits per heavy atom. The van der Waals surface area contributed by atoms with Crippen LogP contribution in [0.2, 0.25) is 0 Å². The lowest BCUT2D eigenvalue weighted by molar-refractivity contribution is -0.141. The summed E-state index contributed by atoms with van der Waals surface area (Å²) in [5.41, 5.74) is -0.417. The van der Waals surface area contributed by atoms with Crippen LogP contribution >= 0.6 is 0 Å². The summed E-state index contributed by atoms with van der Waals surface area (Å²) in [7, 11) is 2.89. The Morgan fingerprint density at radius 1 is 1.29 bits per heavy atom. The third-order valence-electron chi connectivity index (χ3n) is 3.90. The molecule has 0 radical (unpaired) electrons. The zero-order chi connectivity index (χ0) is 20.3. The van der Waals surface area contributed by atoms with E-state index in [2.05, 4.69) is 15.4 Å². The van der Waals surface area contributed by atoms with Crippen molar-refractivity contribution in [2.45, 2.75) is 12.6 Å². The van der Waals surface area contributed by atoms with Gasteiger partial charge in [-0.3, -0.25) is 9.48 Å². The van der Waals surface area contributed by atoms with Crippen LogP contribution in [0.1, 0.15) is 21.7 Å². The minimum absolute atomic E-state index is 0.0968. The topological polar surface area (TPSA) is 82.2 Å². The Kier molecular flexibility index (Phi) is 5.39. The maximum Gasteiger partial charge on any atom is 0.435 e. The number of aryl methyl sites for hydroxylation is 1. The molecule has 1 aromatic carbocycles. The lowest BCUT2D eigenvalue weighted by Crippen LogP contribution is -2.27. The first-order valence-electron chi connectivity index (χ1n) is 8.26. The van der Waals surface area contributed by atoms with Gasteiger partial charge in [0.2, 0.25) is 5.89 Å². The fourth-order valence-corrected chi connectivity index (χ4v) is 2.55. The highest BCUT2D eigenvalue weighted by Crippen LogP contribution is 2.30. The standard InChI is InChI=1S/C18H17F3N4O3/c1-25-9-14(15(24-25)18(19,20)21)16(26)22-8-7-12-10-28-17(23-12)11-3-5-13(27-2)6-4-11/h3-6,9-10H,7-8H2,1-2H3,(H,22,26). The molecular weight excluding hydrogens is 377 g/mol. The van der Waals surface area contributed by atoms with Crippen LogP contribution in [-0.4, -0.2) is 34.3 Å². The van der Waals surface area contributed by atoms with Gasteiger partial charge in [0.25, 0.3) is 5.91 Å². The monoisotopic (exact) mass is 394 g/mol. The van der Waals surface area contributed by atoms with Gasteiger partial charge in [0.15, 0.2) is 5.69 Å². The highest BCUT2D eigenvalue weighted by atomic mass is 19.4. The van der Waals surface area contributed by atoms with E-state index in [1.807, 2.05) is 0 Å². The third kappa shape index (κ3) is 4.33. The van der Waals surface area contributed by atoms with Crippen molar-refractivity contribution in [1.82, 2.24) is 20.1 Å². The van der Waals surface area contributed by atoms with Crippen molar-refractivity contribution >= 4 is 5.91 Å². The molecule has 0 aliphatic carbocycles. The Balaban J connectivity index is 1.60. The van der Waals surface area contributed by atoms with Crippen molar-refractivity contribution in [3.05, 3.63) is 53.7 Å². The van der Waals surface area contributed by atoms with E-state index in [0.29, 0.717) is 23.8 Å². The number of hydrogen-bond donors (Lipinski definition) is 1. The third-order valence-corrected chi connectivity index (χ3v) is 3.90. The van der Waals surface area contributed by atoms with Crippen LogP contribution in [0, 0.1) is 0 Å². The average molecular weight is 394 g/mol. The predicted octanol–water partition coefficient (Wildman–Crippen LogP) is 3.08. The lowest BCUT2D eigenvalue weighted by atomic mass is 10.2. The summed E-state index contributed by atoms with van der Waals surface area (Å²) >= 11 is 0. The molecule has 0 aliphatic rings. The normalized spacial score (nSPS) is 11.5. The van der Waals surface area contributed by atoms with Crippen molar-refractivity contribution < 1.29 is 27.1 Å². The Bertz CT molecular complexity index is 961. The number of aromatic nitrogens is 3. The zero-order valence-corrected chi connectivity index (χ0v) is 15.1. The van der Waals surface area contributed by atoms with E-state index >= 15 is 0 Å². The molecule has 28 heavy (non-hydrogen) atoms. The van der Waals surface area contributed by atoms with Gasteiger partial charge in [-0.05, 0) is 24.3 Å². The van der Waals surface area contributed by atoms with Crippen LogP contribution in [0.5, 0.6) is 5.75 Å². The van der Waals surface area contributed by atoms with Gasteiger partial charge in [-0.15, -0.1) is 0 Å². The predicted molar refractivity (Wildman–Crippen MR) is 92.7 cm³/mol. The number of halogens is 3. The molecule has 0 spiro atoms. The van der Waals surface area contributed by atoms with Gasteiger partial charge in [-0.2, -0.15) is 18.3 Å². The number of carbonyl (C=O) groups excluding carboxylic acids is 1. The molecule has 0 fully saturated rings. The second-order valence-corrected chi connectivity index (χ2v) is 5.94. The number of carbonyl (C=O) groups is 1. The maximum atomic E-state index is 12.9. The van der Waals surface area contributed by atoms with Crippen LogP contribution in [0.25, 0.3) is 11.5 Å². The first kappa shape index (κ1) is 19.5. The molecule has 0 saturated heterocycles. The average Bonchev–Trinajstić information content (AvgIpc) is 3.28. The summed E-state index contributed by atoms with van der Waals surface area (Å²) in [5.74, 6) is 0.252. The summed E-state index contributed by atoms with van der Waals surface area (Å²) in [6.07, 6.45) is -1.92. The summed E-state index contributed by atoms with van der Waals surface area (Å²) in [6.45, 7) is 0.0968. The molecule has 0 unspecified atom stereocenters. The van der Waals surface area contributed by atoms with Crippen molar-refractivity contribution in [1.29, 1.82) is 0 Å². The van der Waals surface area contributed by atoms with E-state index in [1.54, 1.807) is 31.4 Å². The highest BCUT2D eigenvalue weighted by Gasteiger charge is 2.38. The molecule has 0 atom stereocenters. The molecule has 7 nitrogen and oxygen atoms in total. The smallest absolute Gasteiger partial charge is 0.435 e. The van der Waals surface area contributed by atoms with Gasteiger partial charge in [-0.1, -0.05) is 0 Å². The minimum Gasteiger partial charge on any atom is -0.497 e. The number of alkyl halides is 3. The Labute approximate surface area is 158 Å². The number of ether oxygens (including phenoxy) is 1. The number of benzene rings is 1. The fraction of sp³-hybridized carbons (Fsp3) is 0.278. The summed E-state index contributed by atoms with van der Waals surface area (Å²) in [4.78, 5) is 16.4. The molecule has 10 heteroatoms. The first-order valence-corrected chi connectivity index (χ1v) is 8.26. The Morgan fingerprint density at radius 3 is 2.64 bits per heavy atom. The van der Waals surface area contributed by atoms with Crippen LogP contribution in [-0.2, 0) is 19.6 Å². The van der Waals surface area contributed by atoms with Gasteiger partial charge in [0.05, 0.1) is 18.4 Å². The first-order chi connectivity index (χ1) is 13.3. The number of nitrogens with zero attached hydrogens (tertiary/aromatic N) is 3. The van der Waals surface area contributed by atoms with E-state index in [4.69, 9.17) is 9.15 Å². The molecular formula is C18H17F3N4O3. The van der Waals surface area contributed by atoms with Crippen molar-refractivity contribution in [3.8, 4) is 17.2 Å². The zero-order valence-electron chi connectivity index (χ0n) is 15.1. The number of nitrogens with one attached hydrogen (secondary N) is 1. The van der Waals surface area contributed by atoms with Gasteiger partial charge in [0, 0.05) is 31.8 Å². The molecule has 3 rings (SSSR count). The van der Waals surface area contributed by atoms with Gasteiger partial charge >= 0.3 is 6.18 Å². The number of amides is 1. The Hall–Kier alpha value is -3.30. The second kappa shape index (κ2) is 7.75. The number of hydrogen-bond acceptors (Lipinski definition) is 5. The summed E-state index contributed by atoms with van der Waals surface area (Å²) in [6, 6.07) is 7.12. The SMILES string of the molecule is COc1ccc(-c2nc(CCNC(=O)c3cn(C)nc3C(F)(F)F)co2)cc1. The van der Waals surface area contributed by atoms with Crippen LogP contribution < -0.4 is 10.1 Å². The lowest BCUT2D eigenvalue weighted by Gasteiger charge is -2.06. The van der Waals surface area contributed by atoms with Crippen molar-refractivity contribution in [2.24, 2.45) is 7.05 Å². The minimum atomic E-state index is -4.70. The molecule has 3 aromatic rings. The van der Waals surface area contributed by atoms with Crippen molar-refractivity contribution in [3.63, 3.8) is 0 Å². The van der Waals surface area contributed by atoms with E-state index < -0.39 is 23.3 Å².